The molecule has 0 atom stereocenters. The van der Waals surface area contributed by atoms with E-state index in [1.165, 1.54) is 0 Å². The quantitative estimate of drug-likeness (QED) is 0.215. The lowest BCUT2D eigenvalue weighted by Gasteiger charge is -2.11. The number of anilines is 1. The van der Waals surface area contributed by atoms with Crippen LogP contribution < -0.4 is 10.1 Å². The number of pyridine rings is 1. The number of halogens is 1. The van der Waals surface area contributed by atoms with E-state index >= 15 is 0 Å². The molecule has 0 aliphatic rings. The number of hydrogen-bond acceptors (Lipinski definition) is 5. The summed E-state index contributed by atoms with van der Waals surface area (Å²) in [5.74, 6) is 0.315. The van der Waals surface area contributed by atoms with Crippen molar-refractivity contribution >= 4 is 44.4 Å². The summed E-state index contributed by atoms with van der Waals surface area (Å²) in [7, 11) is 0. The molecule has 5 aromatic rings. The van der Waals surface area contributed by atoms with Crippen molar-refractivity contribution in [3.05, 3.63) is 119 Å². The average molecular weight is 553 g/mol. The van der Waals surface area contributed by atoms with Crippen LogP contribution >= 0.6 is 15.9 Å². The molecule has 37 heavy (non-hydrogen) atoms. The number of para-hydroxylation sites is 2. The van der Waals surface area contributed by atoms with Crippen molar-refractivity contribution in [1.82, 2.24) is 4.98 Å². The molecule has 7 heteroatoms. The molecule has 5 rings (SSSR count). The molecule has 0 saturated heterocycles. The summed E-state index contributed by atoms with van der Waals surface area (Å²) in [6, 6.07) is 33.0. The Morgan fingerprint density at radius 2 is 1.46 bits per heavy atom. The molecule has 4 aromatic carbocycles. The molecule has 0 unspecified atom stereocenters. The maximum atomic E-state index is 13.0. The second-order valence-electron chi connectivity index (χ2n) is 8.14. The third-order valence-corrected chi connectivity index (χ3v) is 6.06. The van der Waals surface area contributed by atoms with Crippen LogP contribution in [0.5, 0.6) is 11.5 Å². The zero-order valence-electron chi connectivity index (χ0n) is 19.6. The van der Waals surface area contributed by atoms with Crippen molar-refractivity contribution < 1.29 is 19.1 Å². The summed E-state index contributed by atoms with van der Waals surface area (Å²) >= 11 is 3.43. The lowest BCUT2D eigenvalue weighted by molar-refractivity contribution is -0.119. The number of aromatic nitrogens is 1. The number of amides is 1. The first kappa shape index (κ1) is 24.2. The van der Waals surface area contributed by atoms with Gasteiger partial charge in [0.1, 0.15) is 11.5 Å². The normalized spacial score (nSPS) is 10.6. The molecule has 0 radical (unpaired) electrons. The van der Waals surface area contributed by atoms with Crippen molar-refractivity contribution in [1.29, 1.82) is 0 Å². The molecule has 1 amide bonds. The first-order chi connectivity index (χ1) is 18.0. The van der Waals surface area contributed by atoms with Gasteiger partial charge < -0.3 is 14.8 Å². The molecule has 6 nitrogen and oxygen atoms in total. The maximum Gasteiger partial charge on any atom is 0.339 e. The Bertz CT molecular complexity index is 1550. The number of carbonyl (C=O) groups excluding carboxylic acids is 2. The molecular formula is C30H21BrN2O4. The van der Waals surface area contributed by atoms with Gasteiger partial charge in [-0.2, -0.15) is 0 Å². The van der Waals surface area contributed by atoms with Crippen LogP contribution in [0.25, 0.3) is 22.2 Å². The Hall–Kier alpha value is -4.49. The highest BCUT2D eigenvalue weighted by molar-refractivity contribution is 9.10. The van der Waals surface area contributed by atoms with Crippen LogP contribution in [0.1, 0.15) is 10.4 Å². The maximum absolute atomic E-state index is 13.0. The number of hydrogen-bond donors (Lipinski definition) is 1. The molecule has 0 bridgehead atoms. The van der Waals surface area contributed by atoms with Gasteiger partial charge in [-0.3, -0.25) is 4.79 Å². The number of esters is 1. The van der Waals surface area contributed by atoms with Crippen molar-refractivity contribution in [2.75, 3.05) is 11.9 Å². The zero-order valence-corrected chi connectivity index (χ0v) is 21.1. The molecule has 1 N–H and O–H groups in total. The lowest BCUT2D eigenvalue weighted by atomic mass is 10.0. The number of rotatable bonds is 7. The van der Waals surface area contributed by atoms with Crippen molar-refractivity contribution in [3.63, 3.8) is 0 Å². The van der Waals surface area contributed by atoms with E-state index in [0.29, 0.717) is 33.6 Å². The van der Waals surface area contributed by atoms with Gasteiger partial charge in [0.15, 0.2) is 6.61 Å². The third kappa shape index (κ3) is 6.02. The predicted molar refractivity (Wildman–Crippen MR) is 147 cm³/mol. The summed E-state index contributed by atoms with van der Waals surface area (Å²) in [6.45, 7) is -0.425. The summed E-state index contributed by atoms with van der Waals surface area (Å²) in [6.07, 6.45) is 0. The second-order valence-corrected chi connectivity index (χ2v) is 9.06. The topological polar surface area (TPSA) is 77.5 Å². The third-order valence-electron chi connectivity index (χ3n) is 5.53. The highest BCUT2D eigenvalue weighted by atomic mass is 79.9. The fourth-order valence-corrected chi connectivity index (χ4v) is 4.01. The van der Waals surface area contributed by atoms with E-state index in [1.807, 2.05) is 78.9 Å². The van der Waals surface area contributed by atoms with Crippen LogP contribution in [0.15, 0.2) is 114 Å². The minimum Gasteiger partial charge on any atom is -0.457 e. The fourth-order valence-electron chi connectivity index (χ4n) is 3.75. The molecule has 1 heterocycles. The van der Waals surface area contributed by atoms with Crippen LogP contribution in [-0.2, 0) is 9.53 Å². The highest BCUT2D eigenvalue weighted by Gasteiger charge is 2.17. The van der Waals surface area contributed by atoms with Crippen molar-refractivity contribution in [2.45, 2.75) is 0 Å². The van der Waals surface area contributed by atoms with Crippen molar-refractivity contribution in [3.8, 4) is 22.8 Å². The van der Waals surface area contributed by atoms with Gasteiger partial charge >= 0.3 is 5.97 Å². The number of nitrogens with one attached hydrogen (secondary N) is 1. The molecule has 0 aliphatic carbocycles. The first-order valence-electron chi connectivity index (χ1n) is 11.5. The van der Waals surface area contributed by atoms with Crippen LogP contribution in [0.2, 0.25) is 0 Å². The Morgan fingerprint density at radius 1 is 0.784 bits per heavy atom. The monoisotopic (exact) mass is 552 g/mol. The smallest absolute Gasteiger partial charge is 0.339 e. The Balaban J connectivity index is 1.25. The van der Waals surface area contributed by atoms with Gasteiger partial charge in [0.2, 0.25) is 0 Å². The second kappa shape index (κ2) is 11.1. The average Bonchev–Trinajstić information content (AvgIpc) is 2.93. The van der Waals surface area contributed by atoms with Gasteiger partial charge in [0, 0.05) is 21.1 Å². The number of fused-ring (bicyclic) bond motifs is 1. The first-order valence-corrected chi connectivity index (χ1v) is 12.3. The summed E-state index contributed by atoms with van der Waals surface area (Å²) in [5, 5.41) is 3.39. The van der Waals surface area contributed by atoms with Gasteiger partial charge in [0.05, 0.1) is 16.8 Å². The number of carbonyl (C=O) groups is 2. The molecule has 182 valence electrons. The molecule has 0 saturated carbocycles. The Kier molecular flexibility index (Phi) is 7.23. The number of benzene rings is 4. The SMILES string of the molecule is O=C(COC(=O)c1cc(-c2ccc(Br)cc2)nc2ccccc12)Nc1ccc(Oc2ccccc2)cc1. The van der Waals surface area contributed by atoms with Gasteiger partial charge in [-0.1, -0.05) is 64.5 Å². The van der Waals surface area contributed by atoms with E-state index in [9.17, 15) is 9.59 Å². The molecule has 0 fully saturated rings. The van der Waals surface area contributed by atoms with E-state index in [1.54, 1.807) is 30.3 Å². The van der Waals surface area contributed by atoms with Crippen LogP contribution in [0.3, 0.4) is 0 Å². The van der Waals surface area contributed by atoms with Gasteiger partial charge in [-0.05, 0) is 60.7 Å². The minimum absolute atomic E-state index is 0.346. The van der Waals surface area contributed by atoms with Gasteiger partial charge in [-0.15, -0.1) is 0 Å². The zero-order chi connectivity index (χ0) is 25.6. The predicted octanol–water partition coefficient (Wildman–Crippen LogP) is 7.25. The molecular weight excluding hydrogens is 532 g/mol. The standard InChI is InChI=1S/C30H21BrN2O4/c31-21-12-10-20(11-13-21)28-18-26(25-8-4-5-9-27(25)33-28)30(35)36-19-29(34)32-22-14-16-24(17-15-22)37-23-6-2-1-3-7-23/h1-18H,19H2,(H,32,34). The Labute approximate surface area is 222 Å². The number of ether oxygens (including phenoxy) is 2. The van der Waals surface area contributed by atoms with Crippen molar-refractivity contribution in [2.24, 2.45) is 0 Å². The summed E-state index contributed by atoms with van der Waals surface area (Å²) < 4.78 is 12.1. The lowest BCUT2D eigenvalue weighted by Crippen LogP contribution is -2.21. The van der Waals surface area contributed by atoms with Crippen LogP contribution in [0.4, 0.5) is 5.69 Å². The molecule has 0 spiro atoms. The van der Waals surface area contributed by atoms with Gasteiger partial charge in [0.25, 0.3) is 5.91 Å². The van der Waals surface area contributed by atoms with E-state index in [-0.39, 0.29) is 0 Å². The summed E-state index contributed by atoms with van der Waals surface area (Å²) in [4.78, 5) is 30.2. The minimum atomic E-state index is -0.598. The van der Waals surface area contributed by atoms with E-state index < -0.39 is 18.5 Å². The van der Waals surface area contributed by atoms with Crippen LogP contribution in [0, 0.1) is 0 Å². The molecule has 0 aliphatic heterocycles. The fraction of sp³-hybridized carbons (Fsp3) is 0.0333. The van der Waals surface area contributed by atoms with Crippen LogP contribution in [-0.4, -0.2) is 23.5 Å². The number of nitrogens with zero attached hydrogens (tertiary/aromatic N) is 1. The van der Waals surface area contributed by atoms with E-state index in [4.69, 9.17) is 14.5 Å². The Morgan fingerprint density at radius 3 is 2.22 bits per heavy atom. The van der Waals surface area contributed by atoms with Gasteiger partial charge in [-0.25, -0.2) is 9.78 Å². The highest BCUT2D eigenvalue weighted by Crippen LogP contribution is 2.27. The molecule has 1 aromatic heterocycles. The van der Waals surface area contributed by atoms with E-state index in [2.05, 4.69) is 21.2 Å². The van der Waals surface area contributed by atoms with E-state index in [0.717, 1.165) is 15.8 Å². The summed E-state index contributed by atoms with van der Waals surface area (Å²) in [5.41, 5.74) is 3.07. The largest absolute Gasteiger partial charge is 0.457 e.